The van der Waals surface area contributed by atoms with Gasteiger partial charge in [0.15, 0.2) is 0 Å². The van der Waals surface area contributed by atoms with Crippen LogP contribution >= 0.6 is 0 Å². The average Bonchev–Trinajstić information content (AvgIpc) is 3.64. The Kier molecular flexibility index (Phi) is 5.31. The fraction of sp³-hybridized carbons (Fsp3) is 0. The molecule has 0 bridgehead atoms. The fourth-order valence-electron chi connectivity index (χ4n) is 7.54. The van der Waals surface area contributed by atoms with Gasteiger partial charge in [0.1, 0.15) is 0 Å². The minimum atomic E-state index is 1.16. The lowest BCUT2D eigenvalue weighted by Gasteiger charge is -2.12. The van der Waals surface area contributed by atoms with Gasteiger partial charge in [0.05, 0.1) is 22.1 Å². The molecule has 0 fully saturated rings. The molecule has 0 amide bonds. The number of hydrogen-bond acceptors (Lipinski definition) is 0. The number of nitrogens with zero attached hydrogens (tertiary/aromatic N) is 2. The van der Waals surface area contributed by atoms with Gasteiger partial charge in [0.2, 0.25) is 0 Å². The molecule has 8 aromatic carbocycles. The van der Waals surface area contributed by atoms with Gasteiger partial charge in [0.25, 0.3) is 0 Å². The first kappa shape index (κ1) is 25.2. The molecule has 2 aromatic heterocycles. The number of benzene rings is 8. The molecule has 2 heteroatoms. The molecule has 214 valence electrons. The standard InChI is InChI=1S/C44H28N2/c1-3-11-32-27-34(18-17-29(32)9-1)31-19-22-35(23-20-31)46-40-15-7-5-13-37(40)38-25-26-42-43(44(38)46)39-14-6-8-16-41(39)45(42)36-24-21-30-10-2-4-12-33(30)28-36/h1-28H. The molecule has 0 N–H and O–H groups in total. The Labute approximate surface area is 266 Å². The number of rotatable bonds is 3. The van der Waals surface area contributed by atoms with Crippen LogP contribution in [0.2, 0.25) is 0 Å². The smallest absolute Gasteiger partial charge is 0.0641 e. The molecule has 10 rings (SSSR count). The first-order valence-electron chi connectivity index (χ1n) is 15.9. The van der Waals surface area contributed by atoms with Crippen LogP contribution in [-0.2, 0) is 0 Å². The predicted octanol–water partition coefficient (Wildman–Crippen LogP) is 11.9. The maximum Gasteiger partial charge on any atom is 0.0641 e. The van der Waals surface area contributed by atoms with Crippen LogP contribution in [0.25, 0.3) is 87.7 Å². The highest BCUT2D eigenvalue weighted by molar-refractivity contribution is 6.26. The lowest BCUT2D eigenvalue weighted by molar-refractivity contribution is 1.18. The van der Waals surface area contributed by atoms with Crippen molar-refractivity contribution in [3.8, 4) is 22.5 Å². The van der Waals surface area contributed by atoms with Gasteiger partial charge in [0, 0.05) is 32.9 Å². The summed E-state index contributed by atoms with van der Waals surface area (Å²) < 4.78 is 4.90. The summed E-state index contributed by atoms with van der Waals surface area (Å²) in [6.45, 7) is 0. The number of hydrogen-bond donors (Lipinski definition) is 0. The maximum absolute atomic E-state index is 2.47. The number of aromatic nitrogens is 2. The average molecular weight is 585 g/mol. The molecule has 0 radical (unpaired) electrons. The first-order valence-corrected chi connectivity index (χ1v) is 15.9. The van der Waals surface area contributed by atoms with Gasteiger partial charge in [-0.2, -0.15) is 0 Å². The van der Waals surface area contributed by atoms with Crippen LogP contribution in [0.15, 0.2) is 170 Å². The number of fused-ring (bicyclic) bond motifs is 9. The molecule has 0 aliphatic rings. The van der Waals surface area contributed by atoms with Gasteiger partial charge in [-0.05, 0) is 81.2 Å². The van der Waals surface area contributed by atoms with E-state index in [0.717, 1.165) is 5.69 Å². The highest BCUT2D eigenvalue weighted by atomic mass is 15.0. The molecule has 0 saturated heterocycles. The van der Waals surface area contributed by atoms with E-state index in [-0.39, 0.29) is 0 Å². The molecule has 0 aliphatic heterocycles. The summed E-state index contributed by atoms with van der Waals surface area (Å²) in [5.41, 5.74) is 9.66. The zero-order valence-electron chi connectivity index (χ0n) is 25.1. The van der Waals surface area contributed by atoms with Gasteiger partial charge >= 0.3 is 0 Å². The molecule has 46 heavy (non-hydrogen) atoms. The Hall–Kier alpha value is -6.12. The monoisotopic (exact) mass is 584 g/mol. The fourth-order valence-corrected chi connectivity index (χ4v) is 7.54. The molecule has 0 saturated carbocycles. The largest absolute Gasteiger partial charge is 0.309 e. The maximum atomic E-state index is 2.47. The predicted molar refractivity (Wildman–Crippen MR) is 196 cm³/mol. The van der Waals surface area contributed by atoms with Crippen molar-refractivity contribution in [1.29, 1.82) is 0 Å². The SMILES string of the molecule is c1ccc2cc(-c3ccc(-n4c5ccccc5c5ccc6c(c7ccccc7n6-c6ccc7ccccc7c6)c54)cc3)ccc2c1. The van der Waals surface area contributed by atoms with Gasteiger partial charge in [-0.25, -0.2) is 0 Å². The summed E-state index contributed by atoms with van der Waals surface area (Å²) in [6, 6.07) is 62.0. The van der Waals surface area contributed by atoms with Gasteiger partial charge in [-0.15, -0.1) is 0 Å². The van der Waals surface area contributed by atoms with Crippen LogP contribution in [0, 0.1) is 0 Å². The summed E-state index contributed by atoms with van der Waals surface area (Å²) in [6.07, 6.45) is 0. The van der Waals surface area contributed by atoms with Crippen molar-refractivity contribution in [2.75, 3.05) is 0 Å². The minimum absolute atomic E-state index is 1.16. The topological polar surface area (TPSA) is 9.86 Å². The summed E-state index contributed by atoms with van der Waals surface area (Å²) in [5.74, 6) is 0. The lowest BCUT2D eigenvalue weighted by Crippen LogP contribution is -1.95. The normalized spacial score (nSPS) is 11.9. The van der Waals surface area contributed by atoms with Gasteiger partial charge in [-0.3, -0.25) is 0 Å². The van der Waals surface area contributed by atoms with Crippen LogP contribution in [0.1, 0.15) is 0 Å². The minimum Gasteiger partial charge on any atom is -0.309 e. The molecule has 0 spiro atoms. The van der Waals surface area contributed by atoms with Crippen LogP contribution in [0.4, 0.5) is 0 Å². The van der Waals surface area contributed by atoms with Crippen molar-refractivity contribution in [2.24, 2.45) is 0 Å². The van der Waals surface area contributed by atoms with Crippen LogP contribution in [0.3, 0.4) is 0 Å². The third-order valence-electron chi connectivity index (χ3n) is 9.67. The van der Waals surface area contributed by atoms with Crippen LogP contribution in [-0.4, -0.2) is 9.13 Å². The van der Waals surface area contributed by atoms with E-state index in [2.05, 4.69) is 179 Å². The Balaban J connectivity index is 1.25. The second-order valence-corrected chi connectivity index (χ2v) is 12.2. The molecular formula is C44H28N2. The molecular weight excluding hydrogens is 556 g/mol. The second kappa shape index (κ2) is 9.69. The highest BCUT2D eigenvalue weighted by Gasteiger charge is 2.20. The van der Waals surface area contributed by atoms with E-state index >= 15 is 0 Å². The third-order valence-corrected chi connectivity index (χ3v) is 9.67. The van der Waals surface area contributed by atoms with E-state index in [9.17, 15) is 0 Å². The van der Waals surface area contributed by atoms with E-state index in [1.807, 2.05) is 0 Å². The Morgan fingerprint density at radius 3 is 1.63 bits per heavy atom. The van der Waals surface area contributed by atoms with Crippen LogP contribution < -0.4 is 0 Å². The quantitative estimate of drug-likeness (QED) is 0.195. The highest BCUT2D eigenvalue weighted by Crippen LogP contribution is 2.42. The molecule has 2 nitrogen and oxygen atoms in total. The molecule has 2 heterocycles. The molecule has 0 atom stereocenters. The molecule has 10 aromatic rings. The van der Waals surface area contributed by atoms with Crippen molar-refractivity contribution in [3.05, 3.63) is 170 Å². The van der Waals surface area contributed by atoms with Crippen molar-refractivity contribution in [1.82, 2.24) is 9.13 Å². The van der Waals surface area contributed by atoms with E-state index in [4.69, 9.17) is 0 Å². The lowest BCUT2D eigenvalue weighted by atomic mass is 10.0. The number of para-hydroxylation sites is 2. The van der Waals surface area contributed by atoms with E-state index < -0.39 is 0 Å². The van der Waals surface area contributed by atoms with Crippen molar-refractivity contribution in [3.63, 3.8) is 0 Å². The van der Waals surface area contributed by atoms with E-state index in [1.165, 1.54) is 82.0 Å². The summed E-state index contributed by atoms with van der Waals surface area (Å²) in [7, 11) is 0. The van der Waals surface area contributed by atoms with Crippen molar-refractivity contribution >= 4 is 65.2 Å². The summed E-state index contributed by atoms with van der Waals surface area (Å²) >= 11 is 0. The van der Waals surface area contributed by atoms with E-state index in [0.29, 0.717) is 0 Å². The third kappa shape index (κ3) is 3.65. The zero-order chi connectivity index (χ0) is 30.2. The first-order chi connectivity index (χ1) is 22.8. The van der Waals surface area contributed by atoms with Crippen molar-refractivity contribution < 1.29 is 0 Å². The molecule has 0 aliphatic carbocycles. The Bertz CT molecular complexity index is 2790. The summed E-state index contributed by atoms with van der Waals surface area (Å²) in [4.78, 5) is 0. The zero-order valence-corrected chi connectivity index (χ0v) is 25.1. The van der Waals surface area contributed by atoms with Gasteiger partial charge < -0.3 is 9.13 Å². The summed E-state index contributed by atoms with van der Waals surface area (Å²) in [5, 5.41) is 10.1. The van der Waals surface area contributed by atoms with Crippen LogP contribution in [0.5, 0.6) is 0 Å². The van der Waals surface area contributed by atoms with Gasteiger partial charge in [-0.1, -0.05) is 121 Å². The Morgan fingerprint density at radius 2 is 0.870 bits per heavy atom. The molecule has 0 unspecified atom stereocenters. The van der Waals surface area contributed by atoms with Crippen molar-refractivity contribution in [2.45, 2.75) is 0 Å². The second-order valence-electron chi connectivity index (χ2n) is 12.2. The van der Waals surface area contributed by atoms with E-state index in [1.54, 1.807) is 0 Å². The Morgan fingerprint density at radius 1 is 0.304 bits per heavy atom.